The van der Waals surface area contributed by atoms with E-state index in [-0.39, 0.29) is 5.91 Å². The summed E-state index contributed by atoms with van der Waals surface area (Å²) in [6.45, 7) is 0.618. The van der Waals surface area contributed by atoms with Crippen molar-refractivity contribution < 1.29 is 4.79 Å². The molecule has 6 heteroatoms. The molecule has 1 amide bonds. The van der Waals surface area contributed by atoms with Crippen molar-refractivity contribution in [2.45, 2.75) is 12.8 Å². The zero-order chi connectivity index (χ0) is 19.3. The highest BCUT2D eigenvalue weighted by atomic mass is 16.1. The maximum absolute atomic E-state index is 12.0. The van der Waals surface area contributed by atoms with Gasteiger partial charge >= 0.3 is 0 Å². The van der Waals surface area contributed by atoms with Gasteiger partial charge in [0.25, 0.3) is 5.91 Å². The number of carbonyl (C=O) groups excluding carboxylic acids is 1. The van der Waals surface area contributed by atoms with Crippen molar-refractivity contribution in [2.24, 2.45) is 7.05 Å². The Kier molecular flexibility index (Phi) is 5.10. The van der Waals surface area contributed by atoms with Gasteiger partial charge in [0, 0.05) is 31.4 Å². The predicted molar refractivity (Wildman–Crippen MR) is 109 cm³/mol. The summed E-state index contributed by atoms with van der Waals surface area (Å²) in [5.74, 6) is -0.137. The minimum atomic E-state index is -0.137. The lowest BCUT2D eigenvalue weighted by Crippen LogP contribution is -2.25. The van der Waals surface area contributed by atoms with Crippen molar-refractivity contribution in [3.8, 4) is 11.1 Å². The number of aryl methyl sites for hydroxylation is 2. The summed E-state index contributed by atoms with van der Waals surface area (Å²) in [4.78, 5) is 19.7. The first-order valence-electron chi connectivity index (χ1n) is 9.25. The van der Waals surface area contributed by atoms with Gasteiger partial charge < -0.3 is 5.32 Å². The molecule has 0 saturated carbocycles. The molecule has 4 rings (SSSR count). The molecule has 2 heterocycles. The van der Waals surface area contributed by atoms with E-state index >= 15 is 0 Å². The average Bonchev–Trinajstić information content (AvgIpc) is 3.12. The molecule has 6 nitrogen and oxygen atoms in total. The van der Waals surface area contributed by atoms with Crippen LogP contribution < -0.4 is 5.32 Å². The van der Waals surface area contributed by atoms with Gasteiger partial charge in [-0.15, -0.1) is 0 Å². The van der Waals surface area contributed by atoms with Crippen LogP contribution in [0.15, 0.2) is 67.4 Å². The van der Waals surface area contributed by atoms with Crippen LogP contribution in [0.5, 0.6) is 0 Å². The number of rotatable bonds is 6. The summed E-state index contributed by atoms with van der Waals surface area (Å²) >= 11 is 0. The molecule has 0 spiro atoms. The van der Waals surface area contributed by atoms with Gasteiger partial charge in [-0.2, -0.15) is 5.10 Å². The second-order valence-corrected chi connectivity index (χ2v) is 6.73. The van der Waals surface area contributed by atoms with E-state index in [4.69, 9.17) is 0 Å². The zero-order valence-electron chi connectivity index (χ0n) is 15.7. The summed E-state index contributed by atoms with van der Waals surface area (Å²) in [6, 6.07) is 15.0. The first kappa shape index (κ1) is 17.9. The fourth-order valence-corrected chi connectivity index (χ4v) is 3.22. The number of aromatic nitrogens is 4. The first-order valence-corrected chi connectivity index (χ1v) is 9.25. The number of fused-ring (bicyclic) bond motifs is 1. The van der Waals surface area contributed by atoms with E-state index in [1.807, 2.05) is 17.9 Å². The smallest absolute Gasteiger partial charge is 0.254 e. The van der Waals surface area contributed by atoms with Crippen LogP contribution in [0.25, 0.3) is 22.0 Å². The number of hydrogen-bond acceptors (Lipinski definition) is 4. The molecule has 140 valence electrons. The van der Waals surface area contributed by atoms with E-state index in [1.54, 1.807) is 0 Å². The molecule has 0 radical (unpaired) electrons. The third-order valence-corrected chi connectivity index (χ3v) is 4.78. The Bertz CT molecular complexity index is 1090. The monoisotopic (exact) mass is 371 g/mol. The first-order chi connectivity index (χ1) is 13.7. The summed E-state index contributed by atoms with van der Waals surface area (Å²) in [5, 5.41) is 8.34. The van der Waals surface area contributed by atoms with E-state index < -0.39 is 0 Å². The van der Waals surface area contributed by atoms with E-state index in [9.17, 15) is 4.79 Å². The van der Waals surface area contributed by atoms with Crippen molar-refractivity contribution in [1.82, 2.24) is 25.1 Å². The summed E-state index contributed by atoms with van der Waals surface area (Å²) in [5.41, 5.74) is 5.24. The number of nitrogens with one attached hydrogen (secondary N) is 1. The van der Waals surface area contributed by atoms with Gasteiger partial charge in [0.1, 0.15) is 6.33 Å². The molecule has 1 N–H and O–H groups in total. The second-order valence-electron chi connectivity index (χ2n) is 6.73. The molecule has 0 fully saturated rings. The Morgan fingerprint density at radius 2 is 1.75 bits per heavy atom. The number of carbonyl (C=O) groups is 1. The molecular weight excluding hydrogens is 350 g/mol. The normalized spacial score (nSPS) is 10.9. The quantitative estimate of drug-likeness (QED) is 0.527. The van der Waals surface area contributed by atoms with Crippen LogP contribution in [0.3, 0.4) is 0 Å². The van der Waals surface area contributed by atoms with E-state index in [0.717, 1.165) is 23.7 Å². The zero-order valence-corrected chi connectivity index (χ0v) is 15.7. The Morgan fingerprint density at radius 1 is 1.00 bits per heavy atom. The van der Waals surface area contributed by atoms with Crippen molar-refractivity contribution in [3.05, 3.63) is 78.5 Å². The Labute approximate surface area is 163 Å². The molecule has 0 atom stereocenters. The van der Waals surface area contributed by atoms with Crippen molar-refractivity contribution >= 4 is 16.8 Å². The van der Waals surface area contributed by atoms with Crippen LogP contribution in [0, 0.1) is 0 Å². The fraction of sp³-hybridized carbons (Fsp3) is 0.182. The van der Waals surface area contributed by atoms with Crippen LogP contribution in [0.2, 0.25) is 0 Å². The van der Waals surface area contributed by atoms with Crippen LogP contribution >= 0.6 is 0 Å². The summed E-state index contributed by atoms with van der Waals surface area (Å²) in [6.07, 6.45) is 8.13. The van der Waals surface area contributed by atoms with Gasteiger partial charge in [-0.25, -0.2) is 9.97 Å². The van der Waals surface area contributed by atoms with E-state index in [1.165, 1.54) is 35.4 Å². The maximum atomic E-state index is 12.0. The lowest BCUT2D eigenvalue weighted by molar-refractivity contribution is 0.0952. The Balaban J connectivity index is 1.32. The van der Waals surface area contributed by atoms with Gasteiger partial charge in [0.15, 0.2) is 0 Å². The molecule has 28 heavy (non-hydrogen) atoms. The SMILES string of the molecule is Cn1ncc2cc(-c3ccc(CCCNC(=O)c4cncnc4)cc3)ccc21. The van der Waals surface area contributed by atoms with Gasteiger partial charge in [-0.05, 0) is 41.7 Å². The van der Waals surface area contributed by atoms with Crippen molar-refractivity contribution in [2.75, 3.05) is 6.54 Å². The molecule has 0 unspecified atom stereocenters. The van der Waals surface area contributed by atoms with Crippen molar-refractivity contribution in [1.29, 1.82) is 0 Å². The molecule has 0 saturated heterocycles. The Hall–Kier alpha value is -3.54. The molecule has 0 aliphatic rings. The van der Waals surface area contributed by atoms with Crippen LogP contribution in [0.4, 0.5) is 0 Å². The number of benzene rings is 2. The highest BCUT2D eigenvalue weighted by Gasteiger charge is 2.05. The third kappa shape index (κ3) is 3.91. The number of amides is 1. The summed E-state index contributed by atoms with van der Waals surface area (Å²) in [7, 11) is 1.95. The van der Waals surface area contributed by atoms with Gasteiger partial charge in [0.05, 0.1) is 17.3 Å². The summed E-state index contributed by atoms with van der Waals surface area (Å²) < 4.78 is 1.88. The maximum Gasteiger partial charge on any atom is 0.254 e. The van der Waals surface area contributed by atoms with Gasteiger partial charge in [0.2, 0.25) is 0 Å². The molecule has 4 aromatic rings. The highest BCUT2D eigenvalue weighted by Crippen LogP contribution is 2.24. The van der Waals surface area contributed by atoms with E-state index in [0.29, 0.717) is 12.1 Å². The van der Waals surface area contributed by atoms with E-state index in [2.05, 4.69) is 62.8 Å². The number of nitrogens with zero attached hydrogens (tertiary/aromatic N) is 4. The minimum Gasteiger partial charge on any atom is -0.352 e. The lowest BCUT2D eigenvalue weighted by atomic mass is 10.0. The Morgan fingerprint density at radius 3 is 2.54 bits per heavy atom. The number of hydrogen-bond donors (Lipinski definition) is 1. The second kappa shape index (κ2) is 8.00. The molecule has 2 aromatic heterocycles. The molecule has 0 aliphatic heterocycles. The molecular formula is C22H21N5O. The minimum absolute atomic E-state index is 0.137. The predicted octanol–water partition coefficient (Wildman–Crippen LogP) is 3.39. The van der Waals surface area contributed by atoms with Gasteiger partial charge in [-0.3, -0.25) is 9.48 Å². The standard InChI is InChI=1S/C22H21N5O/c1-27-21-9-8-18(11-19(21)14-26-27)17-6-4-16(5-7-17)3-2-10-25-22(28)20-12-23-15-24-13-20/h4-9,11-15H,2-3,10H2,1H3,(H,25,28). The topological polar surface area (TPSA) is 72.7 Å². The molecule has 0 bridgehead atoms. The molecule has 0 aliphatic carbocycles. The van der Waals surface area contributed by atoms with Crippen LogP contribution in [-0.2, 0) is 13.5 Å². The average molecular weight is 371 g/mol. The van der Waals surface area contributed by atoms with Crippen LogP contribution in [-0.4, -0.2) is 32.2 Å². The lowest BCUT2D eigenvalue weighted by Gasteiger charge is -2.07. The van der Waals surface area contributed by atoms with Crippen molar-refractivity contribution in [3.63, 3.8) is 0 Å². The largest absolute Gasteiger partial charge is 0.352 e. The molecule has 2 aromatic carbocycles. The third-order valence-electron chi connectivity index (χ3n) is 4.78. The fourth-order valence-electron chi connectivity index (χ4n) is 3.22. The van der Waals surface area contributed by atoms with Gasteiger partial charge in [-0.1, -0.05) is 30.3 Å². The highest BCUT2D eigenvalue weighted by molar-refractivity contribution is 5.93. The van der Waals surface area contributed by atoms with Crippen LogP contribution in [0.1, 0.15) is 22.3 Å².